The lowest BCUT2D eigenvalue weighted by Crippen LogP contribution is -2.30. The van der Waals surface area contributed by atoms with Crippen LogP contribution < -0.4 is 0 Å². The Morgan fingerprint density at radius 2 is 1.35 bits per heavy atom. The predicted molar refractivity (Wildman–Crippen MR) is 149 cm³/mol. The number of benzene rings is 1. The van der Waals surface area contributed by atoms with E-state index >= 15 is 0 Å². The van der Waals surface area contributed by atoms with Crippen LogP contribution in [0.3, 0.4) is 0 Å². The quantitative estimate of drug-likeness (QED) is 0.214. The van der Waals surface area contributed by atoms with Crippen LogP contribution in [0.25, 0.3) is 0 Å². The van der Waals surface area contributed by atoms with Crippen molar-refractivity contribution in [1.29, 1.82) is 0 Å². The summed E-state index contributed by atoms with van der Waals surface area (Å²) in [5, 5.41) is 0. The van der Waals surface area contributed by atoms with Crippen LogP contribution in [0, 0.1) is 29.6 Å². The summed E-state index contributed by atoms with van der Waals surface area (Å²) in [6.07, 6.45) is 29.9. The molecule has 3 saturated carbocycles. The highest BCUT2D eigenvalue weighted by Gasteiger charge is 2.36. The molecule has 3 fully saturated rings. The van der Waals surface area contributed by atoms with Gasteiger partial charge in [0.05, 0.1) is 0 Å². The molecule has 1 aromatic carbocycles. The molecule has 190 valence electrons. The summed E-state index contributed by atoms with van der Waals surface area (Å²) >= 11 is 0. The lowest BCUT2D eigenvalue weighted by Gasteiger charge is -2.43. The van der Waals surface area contributed by atoms with E-state index in [-0.39, 0.29) is 0 Å². The first kappa shape index (κ1) is 26.0. The molecule has 4 atom stereocenters. The molecule has 3 aliphatic rings. The number of fused-ring (bicyclic) bond motifs is 1. The summed E-state index contributed by atoms with van der Waals surface area (Å²) in [5.74, 6) is 6.06. The van der Waals surface area contributed by atoms with Crippen LogP contribution in [0.15, 0.2) is 36.9 Å². The monoisotopic (exact) mass is 462 g/mol. The van der Waals surface area contributed by atoms with Crippen LogP contribution in [0.4, 0.5) is 0 Å². The van der Waals surface area contributed by atoms with Gasteiger partial charge in [0.1, 0.15) is 0 Å². The molecular formula is C34H54. The second-order valence-electron chi connectivity index (χ2n) is 12.6. The average Bonchev–Trinajstić information content (AvgIpc) is 2.89. The van der Waals surface area contributed by atoms with Gasteiger partial charge in [-0.2, -0.15) is 0 Å². The molecule has 0 radical (unpaired) electrons. The lowest BCUT2D eigenvalue weighted by molar-refractivity contribution is 0.108. The van der Waals surface area contributed by atoms with Crippen molar-refractivity contribution in [3.63, 3.8) is 0 Å². The first-order valence-electron chi connectivity index (χ1n) is 15.4. The van der Waals surface area contributed by atoms with E-state index in [0.717, 1.165) is 48.3 Å². The van der Waals surface area contributed by atoms with Gasteiger partial charge in [0.25, 0.3) is 0 Å². The zero-order chi connectivity index (χ0) is 23.6. The summed E-state index contributed by atoms with van der Waals surface area (Å²) in [6.45, 7) is 6.19. The summed E-state index contributed by atoms with van der Waals surface area (Å²) in [7, 11) is 0. The van der Waals surface area contributed by atoms with E-state index in [0.29, 0.717) is 0 Å². The molecule has 0 heteroatoms. The van der Waals surface area contributed by atoms with Crippen molar-refractivity contribution in [2.75, 3.05) is 0 Å². The van der Waals surface area contributed by atoms with Crippen LogP contribution in [-0.2, 0) is 6.42 Å². The third kappa shape index (κ3) is 7.73. The maximum Gasteiger partial charge on any atom is -0.0159 e. The number of aryl methyl sites for hydroxylation is 1. The number of allylic oxidation sites excluding steroid dienone is 1. The predicted octanol–water partition coefficient (Wildman–Crippen LogP) is 10.7. The van der Waals surface area contributed by atoms with Gasteiger partial charge in [-0.05, 0) is 91.6 Å². The maximum absolute atomic E-state index is 3.86. The summed E-state index contributed by atoms with van der Waals surface area (Å²) in [5.41, 5.74) is 3.09. The molecule has 34 heavy (non-hydrogen) atoms. The first-order chi connectivity index (χ1) is 16.7. The molecule has 0 aromatic heterocycles. The molecule has 0 bridgehead atoms. The number of hydrogen-bond acceptors (Lipinski definition) is 0. The molecule has 4 unspecified atom stereocenters. The fourth-order valence-corrected chi connectivity index (χ4v) is 7.92. The molecule has 0 nitrogen and oxygen atoms in total. The molecule has 4 rings (SSSR count). The Morgan fingerprint density at radius 3 is 2.09 bits per heavy atom. The molecule has 0 amide bonds. The highest BCUT2D eigenvalue weighted by Crippen LogP contribution is 2.49. The summed E-state index contributed by atoms with van der Waals surface area (Å²) in [6, 6.07) is 9.63. The van der Waals surface area contributed by atoms with E-state index in [9.17, 15) is 0 Å². The van der Waals surface area contributed by atoms with Crippen molar-refractivity contribution in [3.05, 3.63) is 48.0 Å². The molecule has 1 aromatic rings. The number of hydrogen-bond donors (Lipinski definition) is 0. The number of unbranched alkanes of at least 4 members (excludes halogenated alkanes) is 3. The molecule has 0 saturated heterocycles. The minimum atomic E-state index is 0.823. The van der Waals surface area contributed by atoms with E-state index in [1.807, 2.05) is 6.08 Å². The second-order valence-corrected chi connectivity index (χ2v) is 12.6. The summed E-state index contributed by atoms with van der Waals surface area (Å²) in [4.78, 5) is 0. The fraction of sp³-hybridized carbons (Fsp3) is 0.765. The Kier molecular flexibility index (Phi) is 10.6. The van der Waals surface area contributed by atoms with Crippen LogP contribution in [0.2, 0.25) is 0 Å². The Hall–Kier alpha value is -1.04. The Labute approximate surface area is 212 Å². The van der Waals surface area contributed by atoms with E-state index in [4.69, 9.17) is 0 Å². The van der Waals surface area contributed by atoms with Crippen molar-refractivity contribution in [2.24, 2.45) is 29.6 Å². The molecule has 0 heterocycles. The van der Waals surface area contributed by atoms with Gasteiger partial charge in [-0.1, -0.05) is 114 Å². The molecule has 3 aliphatic carbocycles. The Morgan fingerprint density at radius 1 is 0.706 bits per heavy atom. The van der Waals surface area contributed by atoms with Crippen molar-refractivity contribution >= 4 is 0 Å². The molecule has 0 aliphatic heterocycles. The average molecular weight is 463 g/mol. The van der Waals surface area contributed by atoms with Crippen molar-refractivity contribution < 1.29 is 0 Å². The largest absolute Gasteiger partial charge is 0.103 e. The van der Waals surface area contributed by atoms with Gasteiger partial charge in [-0.3, -0.25) is 0 Å². The van der Waals surface area contributed by atoms with Gasteiger partial charge < -0.3 is 0 Å². The summed E-state index contributed by atoms with van der Waals surface area (Å²) < 4.78 is 0. The van der Waals surface area contributed by atoms with Crippen LogP contribution in [0.5, 0.6) is 0 Å². The topological polar surface area (TPSA) is 0 Å². The zero-order valence-electron chi connectivity index (χ0n) is 22.5. The minimum absolute atomic E-state index is 0.823. The van der Waals surface area contributed by atoms with Gasteiger partial charge in [-0.15, -0.1) is 6.58 Å². The van der Waals surface area contributed by atoms with E-state index in [2.05, 4.69) is 37.8 Å². The minimum Gasteiger partial charge on any atom is -0.103 e. The lowest BCUT2D eigenvalue weighted by atomic mass is 9.63. The Bertz CT molecular complexity index is 691. The Balaban J connectivity index is 1.13. The standard InChI is InChI=1S/C34H54/c1-3-5-7-8-10-28-11-13-29(14-12-28)15-16-30-19-22-34-26-33(24-23-32(34)25-30)31-20-17-27(18-21-31)9-6-4-2/h4,17-18,20-21,28-30,32-34H,2-3,5-16,19,22-26H2,1H3. The van der Waals surface area contributed by atoms with E-state index in [1.54, 1.807) is 50.5 Å². The normalized spacial score (nSPS) is 31.7. The van der Waals surface area contributed by atoms with E-state index in [1.165, 1.54) is 69.8 Å². The third-order valence-electron chi connectivity index (χ3n) is 10.2. The maximum atomic E-state index is 3.86. The zero-order valence-corrected chi connectivity index (χ0v) is 22.5. The van der Waals surface area contributed by atoms with Gasteiger partial charge >= 0.3 is 0 Å². The van der Waals surface area contributed by atoms with Crippen molar-refractivity contribution in [1.82, 2.24) is 0 Å². The third-order valence-corrected chi connectivity index (χ3v) is 10.2. The van der Waals surface area contributed by atoms with Gasteiger partial charge in [0.2, 0.25) is 0 Å². The molecular weight excluding hydrogens is 408 g/mol. The van der Waals surface area contributed by atoms with Crippen LogP contribution >= 0.6 is 0 Å². The van der Waals surface area contributed by atoms with Crippen LogP contribution in [-0.4, -0.2) is 0 Å². The highest BCUT2D eigenvalue weighted by molar-refractivity contribution is 5.26. The highest BCUT2D eigenvalue weighted by atomic mass is 14.4. The number of rotatable bonds is 12. The van der Waals surface area contributed by atoms with Gasteiger partial charge in [0, 0.05) is 0 Å². The fourth-order valence-electron chi connectivity index (χ4n) is 7.92. The van der Waals surface area contributed by atoms with E-state index < -0.39 is 0 Å². The van der Waals surface area contributed by atoms with Crippen molar-refractivity contribution in [2.45, 2.75) is 135 Å². The smallest absolute Gasteiger partial charge is 0.0159 e. The second kappa shape index (κ2) is 13.9. The SMILES string of the molecule is C=CCCc1ccc(C2CCC3CC(CCC4CCC(CCCCCC)CC4)CCC3C2)cc1. The van der Waals surface area contributed by atoms with Gasteiger partial charge in [-0.25, -0.2) is 0 Å². The molecule has 0 spiro atoms. The van der Waals surface area contributed by atoms with Crippen LogP contribution in [0.1, 0.15) is 140 Å². The molecule has 0 N–H and O–H groups in total. The van der Waals surface area contributed by atoms with Gasteiger partial charge in [0.15, 0.2) is 0 Å². The van der Waals surface area contributed by atoms with Crippen molar-refractivity contribution in [3.8, 4) is 0 Å². The first-order valence-corrected chi connectivity index (χ1v) is 15.4.